The van der Waals surface area contributed by atoms with Crippen molar-refractivity contribution in [3.8, 4) is 0 Å². The molecule has 0 bridgehead atoms. The molecular weight excluding hydrogens is 1620 g/mol. The van der Waals surface area contributed by atoms with E-state index in [0.29, 0.717) is 17.6 Å². The molecule has 4 fully saturated rings. The highest BCUT2D eigenvalue weighted by molar-refractivity contribution is 5.94. The van der Waals surface area contributed by atoms with Gasteiger partial charge in [0.25, 0.3) is 11.8 Å². The number of hydrogen-bond acceptors (Lipinski definition) is 9. The topological polar surface area (TPSA) is 107 Å². The van der Waals surface area contributed by atoms with E-state index in [1.54, 1.807) is 18.4 Å². The van der Waals surface area contributed by atoms with Gasteiger partial charge in [0.15, 0.2) is 5.76 Å². The molecule has 0 aliphatic carbocycles. The number of nitrogens with zero attached hydrogens (tertiary/aromatic N) is 8. The average Bonchev–Trinajstić information content (AvgIpc) is 1.53. The SMILES string of the molecule is CC(C)=CCC/C(C)=C/CCC(C)CCN1CCN(C(=O)c2ccco2)CC1.CC(C)CCCC(C)CCCC(C)CCCC(C)CCN1CCN(C(=O)C(C)C)CC1.CC(C)CCCC(C)CCCC(C)CCCC(C)CCN1CCN(C(=O)c2ccccc2)CC1.CCCCCCCCCCCCCCCCC(=O)N1CCN(CCC(C)CC/C=C(\C)CCC=C(C)C)CC1. The van der Waals surface area contributed by atoms with Crippen LogP contribution in [0.1, 0.15) is 455 Å². The molecule has 132 heavy (non-hydrogen) atoms. The van der Waals surface area contributed by atoms with Gasteiger partial charge >= 0.3 is 0 Å². The molecule has 0 radical (unpaired) electrons. The summed E-state index contributed by atoms with van der Waals surface area (Å²) >= 11 is 0. The number of carbonyl (C=O) groups excluding carboxylic acids is 4. The molecule has 0 spiro atoms. The smallest absolute Gasteiger partial charge is 0.289 e. The second kappa shape index (κ2) is 77.1. The summed E-state index contributed by atoms with van der Waals surface area (Å²) in [5.74, 6) is 9.95. The van der Waals surface area contributed by atoms with Crippen LogP contribution in [0.2, 0.25) is 0 Å². The highest BCUT2D eigenvalue weighted by Crippen LogP contribution is 2.28. The number of unbranched alkanes of at least 4 members (excludes halogenated alkanes) is 13. The summed E-state index contributed by atoms with van der Waals surface area (Å²) in [5.41, 5.74) is 6.70. The molecule has 4 amide bonds. The second-order valence-corrected chi connectivity index (χ2v) is 44.8. The maximum absolute atomic E-state index is 12.7. The predicted molar refractivity (Wildman–Crippen MR) is 574 cm³/mol. The summed E-state index contributed by atoms with van der Waals surface area (Å²) in [7, 11) is 0. The number of benzene rings is 1. The van der Waals surface area contributed by atoms with Gasteiger partial charge in [-0.2, -0.15) is 0 Å². The van der Waals surface area contributed by atoms with Gasteiger partial charge in [-0.1, -0.05) is 368 Å². The first-order chi connectivity index (χ1) is 63.4. The van der Waals surface area contributed by atoms with Gasteiger partial charge in [0.1, 0.15) is 0 Å². The van der Waals surface area contributed by atoms with Gasteiger partial charge in [0.2, 0.25) is 11.8 Å². The van der Waals surface area contributed by atoms with Gasteiger partial charge in [-0.3, -0.25) is 38.8 Å². The maximum atomic E-state index is 12.7. The van der Waals surface area contributed by atoms with Gasteiger partial charge in [0.05, 0.1) is 6.26 Å². The van der Waals surface area contributed by atoms with Crippen molar-refractivity contribution >= 4 is 23.6 Å². The Morgan fingerprint density at radius 2 is 0.598 bits per heavy atom. The number of hydrogen-bond donors (Lipinski definition) is 0. The van der Waals surface area contributed by atoms with Crippen LogP contribution >= 0.6 is 0 Å². The lowest BCUT2D eigenvalue weighted by Crippen LogP contribution is -2.50. The third-order valence-electron chi connectivity index (χ3n) is 29.5. The first-order valence-electron chi connectivity index (χ1n) is 56.1. The zero-order chi connectivity index (χ0) is 96.9. The fourth-order valence-corrected chi connectivity index (χ4v) is 19.5. The fraction of sp³-hybridized carbons (Fsp3) is 0.815. The summed E-state index contributed by atoms with van der Waals surface area (Å²) in [6.07, 6.45) is 71.0. The molecule has 5 heterocycles. The van der Waals surface area contributed by atoms with E-state index in [0.717, 1.165) is 195 Å². The van der Waals surface area contributed by atoms with Gasteiger partial charge in [0, 0.05) is 123 Å². The molecule has 4 aliphatic heterocycles. The predicted octanol–water partition coefficient (Wildman–Crippen LogP) is 31.2. The molecule has 2 aromatic rings. The summed E-state index contributed by atoms with van der Waals surface area (Å²) in [5, 5.41) is 0. The van der Waals surface area contributed by atoms with Crippen molar-refractivity contribution in [1.29, 1.82) is 0 Å². The number of carbonyl (C=O) groups is 4. The summed E-state index contributed by atoms with van der Waals surface area (Å²) in [6, 6.07) is 13.2. The minimum Gasteiger partial charge on any atom is -0.459 e. The van der Waals surface area contributed by atoms with Crippen molar-refractivity contribution in [3.05, 3.63) is 107 Å². The van der Waals surface area contributed by atoms with E-state index in [1.165, 1.54) is 312 Å². The third kappa shape index (κ3) is 63.6. The molecule has 4 saturated heterocycles. The Hall–Kier alpha value is -4.82. The number of amides is 4. The molecule has 13 heteroatoms. The molecule has 1 aromatic carbocycles. The van der Waals surface area contributed by atoms with Crippen molar-refractivity contribution in [2.75, 3.05) is 131 Å². The molecule has 6 rings (SSSR count). The van der Waals surface area contributed by atoms with Crippen LogP contribution in [0.25, 0.3) is 0 Å². The molecular formula is C119H216N8O5. The Morgan fingerprint density at radius 3 is 0.917 bits per heavy atom. The molecule has 8 atom stereocenters. The van der Waals surface area contributed by atoms with Gasteiger partial charge < -0.3 is 24.0 Å². The molecule has 13 nitrogen and oxygen atoms in total. The van der Waals surface area contributed by atoms with Gasteiger partial charge in [-0.15, -0.1) is 0 Å². The number of rotatable bonds is 66. The van der Waals surface area contributed by atoms with E-state index in [4.69, 9.17) is 4.42 Å². The zero-order valence-electron chi connectivity index (χ0n) is 90.9. The van der Waals surface area contributed by atoms with Crippen molar-refractivity contribution in [1.82, 2.24) is 39.2 Å². The Bertz CT molecular complexity index is 3230. The zero-order valence-corrected chi connectivity index (χ0v) is 90.9. The summed E-state index contributed by atoms with van der Waals surface area (Å²) in [6.45, 7) is 68.2. The minimum absolute atomic E-state index is 0.0183. The monoisotopic (exact) mass is 1840 g/mol. The van der Waals surface area contributed by atoms with E-state index in [1.807, 2.05) is 54.0 Å². The van der Waals surface area contributed by atoms with E-state index in [9.17, 15) is 19.2 Å². The Labute approximate surface area is 818 Å². The standard InChI is InChI=1S/C36H68N2O.C31H54N2O.C28H56N2O.C24H38N2O2/c1-6-7-8-9-10-11-12-13-14-15-16-17-18-19-26-36(39)38-31-29-37(30-32-38)28-27-35(5)25-21-24-34(4)23-20-22-33(2)3;1-26(2)12-9-13-27(3)14-10-15-28(4)16-11-17-29(5)20-21-32-22-24-33(25-23-32)31(34)30-18-7-6-8-19-30;1-23(2)11-8-12-25(5)13-9-14-26(6)15-10-16-27(7)17-18-29-19-21-30(22-20-29)28(31)24(3)4;1-20(2)8-5-9-21(3)10-6-11-22(4)13-14-25-15-17-26(18-16-25)24(27)23-12-7-19-28-23/h22,24,35H,6-21,23,25-32H2,1-5H3;6-8,18-19,26-29H,9-17,20-25H2,1-5H3;23-27H,8-22H2,1-7H3;7-8,10,12,19,22H,5-6,9,11,13-18H2,1-4H3/b34-24+;;;21-10+. The lowest BCUT2D eigenvalue weighted by molar-refractivity contribution is -0.136. The van der Waals surface area contributed by atoms with Crippen LogP contribution in [0, 0.1) is 65.1 Å². The van der Waals surface area contributed by atoms with Crippen LogP contribution in [-0.4, -0.2) is 194 Å². The number of piperazine rings is 4. The van der Waals surface area contributed by atoms with Gasteiger partial charge in [-0.25, -0.2) is 0 Å². The minimum atomic E-state index is 0.0183. The van der Waals surface area contributed by atoms with E-state index < -0.39 is 0 Å². The summed E-state index contributed by atoms with van der Waals surface area (Å²) < 4.78 is 5.23. The Morgan fingerprint density at radius 1 is 0.295 bits per heavy atom. The lowest BCUT2D eigenvalue weighted by Gasteiger charge is -2.36. The van der Waals surface area contributed by atoms with Crippen molar-refractivity contribution in [2.24, 2.45) is 65.1 Å². The van der Waals surface area contributed by atoms with Crippen LogP contribution in [0.15, 0.2) is 99.7 Å². The molecule has 762 valence electrons. The maximum Gasteiger partial charge on any atom is 0.289 e. The molecule has 0 saturated carbocycles. The molecule has 8 unspecified atom stereocenters. The first kappa shape index (κ1) is 121. The van der Waals surface area contributed by atoms with Crippen LogP contribution in [-0.2, 0) is 9.59 Å². The second-order valence-electron chi connectivity index (χ2n) is 44.8. The Kier molecular flexibility index (Phi) is 70.8. The third-order valence-corrected chi connectivity index (χ3v) is 29.5. The van der Waals surface area contributed by atoms with Crippen LogP contribution in [0.4, 0.5) is 0 Å². The van der Waals surface area contributed by atoms with E-state index in [2.05, 4.69) is 185 Å². The quantitative estimate of drug-likeness (QED) is 0.0473. The molecule has 1 aromatic heterocycles. The van der Waals surface area contributed by atoms with E-state index >= 15 is 0 Å². The number of allylic oxidation sites excluding steroid dienone is 8. The molecule has 0 N–H and O–H groups in total. The van der Waals surface area contributed by atoms with Crippen molar-refractivity contribution in [3.63, 3.8) is 0 Å². The first-order valence-corrected chi connectivity index (χ1v) is 56.1. The average molecular weight is 1840 g/mol. The number of furan rings is 1. The highest BCUT2D eigenvalue weighted by Gasteiger charge is 2.28. The van der Waals surface area contributed by atoms with Crippen molar-refractivity contribution in [2.45, 2.75) is 434 Å². The lowest BCUT2D eigenvalue weighted by atomic mass is 9.90. The van der Waals surface area contributed by atoms with E-state index in [-0.39, 0.29) is 17.7 Å². The normalized spacial score (nSPS) is 17.1. The van der Waals surface area contributed by atoms with Gasteiger partial charge in [-0.05, 0) is 235 Å². The van der Waals surface area contributed by atoms with Crippen molar-refractivity contribution < 1.29 is 23.6 Å². The fourth-order valence-electron chi connectivity index (χ4n) is 19.5. The largest absolute Gasteiger partial charge is 0.459 e. The van der Waals surface area contributed by atoms with Crippen LogP contribution in [0.3, 0.4) is 0 Å². The molecule has 4 aliphatic rings. The Balaban J connectivity index is 0.000000456. The van der Waals surface area contributed by atoms with Crippen LogP contribution < -0.4 is 0 Å². The summed E-state index contributed by atoms with van der Waals surface area (Å²) in [4.78, 5) is 68.0. The highest BCUT2D eigenvalue weighted by atomic mass is 16.3. The van der Waals surface area contributed by atoms with Crippen LogP contribution in [0.5, 0.6) is 0 Å².